The molecule has 6 nitrogen and oxygen atoms in total. The maximum Gasteiger partial charge on any atom is 0.337 e. The number of fused-ring (bicyclic) bond motifs is 1. The summed E-state index contributed by atoms with van der Waals surface area (Å²) in [5.74, 6) is -0.593. The van der Waals surface area contributed by atoms with Crippen LogP contribution in [0.3, 0.4) is 0 Å². The van der Waals surface area contributed by atoms with Crippen molar-refractivity contribution < 1.29 is 19.4 Å². The zero-order valence-electron chi connectivity index (χ0n) is 13.3. The first-order valence-electron chi connectivity index (χ1n) is 7.80. The molecule has 1 amide bonds. The Bertz CT molecular complexity index is 788. The molecule has 2 heterocycles. The highest BCUT2D eigenvalue weighted by molar-refractivity contribution is 5.94. The molecular formula is C18H18N2O4. The van der Waals surface area contributed by atoms with Crippen LogP contribution in [0.2, 0.25) is 0 Å². The van der Waals surface area contributed by atoms with E-state index in [-0.39, 0.29) is 23.2 Å². The van der Waals surface area contributed by atoms with Crippen molar-refractivity contribution >= 4 is 11.9 Å². The van der Waals surface area contributed by atoms with Crippen molar-refractivity contribution in [1.82, 2.24) is 10.3 Å². The second-order valence-corrected chi connectivity index (χ2v) is 5.69. The number of hydrogen-bond donors (Lipinski definition) is 2. The van der Waals surface area contributed by atoms with Crippen LogP contribution < -0.4 is 10.1 Å². The zero-order chi connectivity index (χ0) is 17.1. The molecule has 1 aromatic heterocycles. The number of aromatic nitrogens is 1. The Morgan fingerprint density at radius 3 is 2.79 bits per heavy atom. The summed E-state index contributed by atoms with van der Waals surface area (Å²) in [5, 5.41) is 12.0. The minimum absolute atomic E-state index is 0.0970. The predicted octanol–water partition coefficient (Wildman–Crippen LogP) is 2.73. The first-order chi connectivity index (χ1) is 11.6. The number of nitrogens with one attached hydrogen (secondary N) is 1. The van der Waals surface area contributed by atoms with Crippen LogP contribution in [0.25, 0.3) is 0 Å². The van der Waals surface area contributed by atoms with Crippen molar-refractivity contribution in [2.45, 2.75) is 25.8 Å². The van der Waals surface area contributed by atoms with E-state index >= 15 is 0 Å². The summed E-state index contributed by atoms with van der Waals surface area (Å²) in [5.41, 5.74) is 1.57. The number of rotatable bonds is 3. The third-order valence-corrected chi connectivity index (χ3v) is 4.04. The Hall–Kier alpha value is -2.89. The van der Waals surface area contributed by atoms with Gasteiger partial charge in [-0.2, -0.15) is 0 Å². The molecule has 2 N–H and O–H groups in total. The molecule has 1 aliphatic heterocycles. The second kappa shape index (κ2) is 6.70. The summed E-state index contributed by atoms with van der Waals surface area (Å²) < 4.78 is 5.69. The van der Waals surface area contributed by atoms with Gasteiger partial charge in [0.1, 0.15) is 11.4 Å². The van der Waals surface area contributed by atoms with Gasteiger partial charge in [-0.05, 0) is 38.0 Å². The van der Waals surface area contributed by atoms with Crippen LogP contribution in [0.4, 0.5) is 0 Å². The monoisotopic (exact) mass is 326 g/mol. The fraction of sp³-hybridized carbons (Fsp3) is 0.278. The number of amides is 1. The molecular weight excluding hydrogens is 308 g/mol. The highest BCUT2D eigenvalue weighted by atomic mass is 16.5. The van der Waals surface area contributed by atoms with Gasteiger partial charge >= 0.3 is 5.97 Å². The van der Waals surface area contributed by atoms with Crippen LogP contribution >= 0.6 is 0 Å². The number of ether oxygens (including phenoxy) is 1. The molecule has 0 radical (unpaired) electrons. The van der Waals surface area contributed by atoms with E-state index in [1.165, 1.54) is 12.1 Å². The van der Waals surface area contributed by atoms with Gasteiger partial charge in [-0.25, -0.2) is 9.78 Å². The number of hydrogen-bond acceptors (Lipinski definition) is 4. The minimum atomic E-state index is -1.05. The average molecular weight is 326 g/mol. The van der Waals surface area contributed by atoms with Gasteiger partial charge in [-0.15, -0.1) is 0 Å². The maximum atomic E-state index is 12.5. The van der Waals surface area contributed by atoms with Crippen LogP contribution in [-0.4, -0.2) is 28.6 Å². The molecule has 0 spiro atoms. The number of carbonyl (C=O) groups excluding carboxylic acids is 1. The van der Waals surface area contributed by atoms with E-state index in [1.807, 2.05) is 24.3 Å². The molecule has 1 aromatic carbocycles. The second-order valence-electron chi connectivity index (χ2n) is 5.69. The molecule has 6 heteroatoms. The molecule has 0 saturated heterocycles. The molecule has 0 bridgehead atoms. The Balaban J connectivity index is 1.82. The van der Waals surface area contributed by atoms with Gasteiger partial charge in [0.05, 0.1) is 23.9 Å². The van der Waals surface area contributed by atoms with Crippen LogP contribution in [0.15, 0.2) is 36.4 Å². The number of pyridine rings is 1. The largest absolute Gasteiger partial charge is 0.493 e. The molecule has 24 heavy (non-hydrogen) atoms. The molecule has 1 unspecified atom stereocenters. The number of carbonyl (C=O) groups is 2. The maximum absolute atomic E-state index is 12.5. The van der Waals surface area contributed by atoms with Crippen LogP contribution in [-0.2, 0) is 0 Å². The van der Waals surface area contributed by atoms with Crippen LogP contribution in [0.5, 0.6) is 5.75 Å². The lowest BCUT2D eigenvalue weighted by Crippen LogP contribution is -2.29. The number of aryl methyl sites for hydroxylation is 1. The van der Waals surface area contributed by atoms with E-state index in [2.05, 4.69) is 10.3 Å². The van der Waals surface area contributed by atoms with E-state index in [0.29, 0.717) is 12.3 Å². The Morgan fingerprint density at radius 1 is 1.25 bits per heavy atom. The fourth-order valence-corrected chi connectivity index (χ4v) is 2.82. The van der Waals surface area contributed by atoms with Crippen molar-refractivity contribution in [1.29, 1.82) is 0 Å². The first kappa shape index (κ1) is 16.0. The van der Waals surface area contributed by atoms with Gasteiger partial charge in [-0.3, -0.25) is 4.79 Å². The lowest BCUT2D eigenvalue weighted by atomic mass is 10.0. The van der Waals surface area contributed by atoms with Crippen molar-refractivity contribution in [2.24, 2.45) is 0 Å². The lowest BCUT2D eigenvalue weighted by molar-refractivity contribution is 0.0694. The van der Waals surface area contributed by atoms with Crippen LogP contribution in [0, 0.1) is 6.92 Å². The number of aromatic carboxylic acids is 1. The number of para-hydroxylation sites is 1. The summed E-state index contributed by atoms with van der Waals surface area (Å²) in [6.07, 6.45) is 1.61. The van der Waals surface area contributed by atoms with E-state index in [0.717, 1.165) is 24.2 Å². The summed E-state index contributed by atoms with van der Waals surface area (Å²) >= 11 is 0. The van der Waals surface area contributed by atoms with Crippen LogP contribution in [0.1, 0.15) is 51.0 Å². The molecule has 3 rings (SSSR count). The summed E-state index contributed by atoms with van der Waals surface area (Å²) in [6.45, 7) is 2.20. The SMILES string of the molecule is Cc1nc(C(=O)NC2CCCOc3ccccc32)ccc1C(=O)O. The molecule has 0 saturated carbocycles. The van der Waals surface area contributed by atoms with Gasteiger partial charge in [-0.1, -0.05) is 18.2 Å². The third-order valence-electron chi connectivity index (χ3n) is 4.04. The summed E-state index contributed by atoms with van der Waals surface area (Å²) in [7, 11) is 0. The number of nitrogens with zero attached hydrogens (tertiary/aromatic N) is 1. The van der Waals surface area contributed by atoms with Gasteiger partial charge in [0.15, 0.2) is 0 Å². The molecule has 1 aliphatic rings. The van der Waals surface area contributed by atoms with Crippen molar-refractivity contribution in [3.05, 3.63) is 58.9 Å². The Labute approximate surface area is 139 Å². The van der Waals surface area contributed by atoms with E-state index in [4.69, 9.17) is 9.84 Å². The first-order valence-corrected chi connectivity index (χ1v) is 7.80. The van der Waals surface area contributed by atoms with Gasteiger partial charge in [0.2, 0.25) is 0 Å². The fourth-order valence-electron chi connectivity index (χ4n) is 2.82. The molecule has 2 aromatic rings. The Morgan fingerprint density at radius 2 is 2.04 bits per heavy atom. The predicted molar refractivity (Wildman–Crippen MR) is 87.3 cm³/mol. The Kier molecular flexibility index (Phi) is 4.46. The van der Waals surface area contributed by atoms with Gasteiger partial charge < -0.3 is 15.2 Å². The molecule has 0 aliphatic carbocycles. The minimum Gasteiger partial charge on any atom is -0.493 e. The highest BCUT2D eigenvalue weighted by Gasteiger charge is 2.22. The molecule has 0 fully saturated rings. The topological polar surface area (TPSA) is 88.5 Å². The van der Waals surface area contributed by atoms with E-state index in [9.17, 15) is 9.59 Å². The van der Waals surface area contributed by atoms with Gasteiger partial charge in [0.25, 0.3) is 5.91 Å². The molecule has 124 valence electrons. The quantitative estimate of drug-likeness (QED) is 0.905. The standard InChI is InChI=1S/C18H18N2O4/c1-11-12(18(22)23)8-9-15(19-11)17(21)20-14-6-4-10-24-16-7-3-2-5-13(14)16/h2-3,5,7-9,14H,4,6,10H2,1H3,(H,20,21)(H,22,23). The van der Waals surface area contributed by atoms with E-state index < -0.39 is 5.97 Å². The van der Waals surface area contributed by atoms with Gasteiger partial charge in [0, 0.05) is 5.56 Å². The number of carboxylic acid groups (broad SMARTS) is 1. The average Bonchev–Trinajstić information content (AvgIpc) is 2.77. The normalized spacial score (nSPS) is 16.5. The lowest BCUT2D eigenvalue weighted by Gasteiger charge is -2.18. The van der Waals surface area contributed by atoms with Crippen molar-refractivity contribution in [3.8, 4) is 5.75 Å². The third kappa shape index (κ3) is 3.22. The summed E-state index contributed by atoms with van der Waals surface area (Å²) in [4.78, 5) is 27.7. The highest BCUT2D eigenvalue weighted by Crippen LogP contribution is 2.31. The van der Waals surface area contributed by atoms with Crippen molar-refractivity contribution in [3.63, 3.8) is 0 Å². The summed E-state index contributed by atoms with van der Waals surface area (Å²) in [6, 6.07) is 10.3. The smallest absolute Gasteiger partial charge is 0.337 e. The van der Waals surface area contributed by atoms with E-state index in [1.54, 1.807) is 6.92 Å². The zero-order valence-corrected chi connectivity index (χ0v) is 13.3. The number of carboxylic acids is 1. The van der Waals surface area contributed by atoms with Crippen molar-refractivity contribution in [2.75, 3.05) is 6.61 Å². The molecule has 1 atom stereocenters. The number of benzene rings is 1.